The average molecular weight is 609 g/mol. The molecule has 0 radical (unpaired) electrons. The number of imidazole rings is 1. The molecule has 0 aliphatic carbocycles. The summed E-state index contributed by atoms with van der Waals surface area (Å²) >= 11 is 12.2. The minimum atomic E-state index is -0.463. The Morgan fingerprint density at radius 2 is 1.69 bits per heavy atom. The maximum absolute atomic E-state index is 13.8. The number of nitrogens with one attached hydrogen (secondary N) is 1. The monoisotopic (exact) mass is 608 g/mol. The van der Waals surface area contributed by atoms with Gasteiger partial charge in [-0.3, -0.25) is 18.7 Å². The first-order chi connectivity index (χ1) is 20.3. The topological polar surface area (TPSA) is 104 Å². The van der Waals surface area contributed by atoms with Crippen LogP contribution in [0, 0.1) is 0 Å². The molecule has 0 fully saturated rings. The molecule has 3 aromatic carbocycles. The third-order valence-electron chi connectivity index (χ3n) is 7.24. The van der Waals surface area contributed by atoms with Crippen molar-refractivity contribution < 1.29 is 23.8 Å². The second-order valence-electron chi connectivity index (χ2n) is 9.78. The second-order valence-corrected chi connectivity index (χ2v) is 10.6. The number of carbonyl (C=O) groups is 2. The molecule has 4 aromatic rings. The number of benzene rings is 3. The summed E-state index contributed by atoms with van der Waals surface area (Å²) in [7, 11) is 1.55. The molecule has 1 aromatic heterocycles. The smallest absolute Gasteiger partial charge is 0.333 e. The molecule has 0 bridgehead atoms. The molecule has 42 heavy (non-hydrogen) atoms. The molecule has 1 N–H and O–H groups in total. The Balaban J connectivity index is 1.34. The zero-order chi connectivity index (χ0) is 29.4. The Hall–Kier alpha value is -4.41. The summed E-state index contributed by atoms with van der Waals surface area (Å²) < 4.78 is 19.4. The fourth-order valence-electron chi connectivity index (χ4n) is 5.11. The summed E-state index contributed by atoms with van der Waals surface area (Å²) in [5.41, 5.74) is 1.86. The molecule has 0 atom stereocenters. The van der Waals surface area contributed by atoms with Crippen molar-refractivity contribution in [2.75, 3.05) is 26.9 Å². The lowest BCUT2D eigenvalue weighted by Crippen LogP contribution is -2.41. The van der Waals surface area contributed by atoms with Crippen LogP contribution in [0.25, 0.3) is 5.69 Å². The number of halogens is 2. The van der Waals surface area contributed by atoms with Crippen LogP contribution in [0.2, 0.25) is 10.0 Å². The molecular formula is C30H26Cl2N4O6. The van der Waals surface area contributed by atoms with Gasteiger partial charge in [-0.2, -0.15) is 0 Å². The van der Waals surface area contributed by atoms with Crippen LogP contribution in [0.15, 0.2) is 65.5 Å². The van der Waals surface area contributed by atoms with Crippen molar-refractivity contribution in [1.82, 2.24) is 19.4 Å². The lowest BCUT2D eigenvalue weighted by molar-refractivity contribution is 0.0706. The van der Waals surface area contributed by atoms with Gasteiger partial charge in [-0.25, -0.2) is 4.79 Å². The van der Waals surface area contributed by atoms with Crippen LogP contribution < -0.4 is 25.2 Å². The van der Waals surface area contributed by atoms with Gasteiger partial charge in [0, 0.05) is 25.2 Å². The summed E-state index contributed by atoms with van der Waals surface area (Å²) in [6.07, 6.45) is 0. The number of fused-ring (bicyclic) bond motifs is 2. The highest BCUT2D eigenvalue weighted by atomic mass is 35.5. The van der Waals surface area contributed by atoms with Gasteiger partial charge >= 0.3 is 5.69 Å². The summed E-state index contributed by atoms with van der Waals surface area (Å²) in [6.45, 7) is 1.65. The van der Waals surface area contributed by atoms with Gasteiger partial charge in [0.25, 0.3) is 11.8 Å². The Labute approximate surface area is 250 Å². The Bertz CT molecular complexity index is 1750. The number of rotatable bonds is 6. The lowest BCUT2D eigenvalue weighted by atomic mass is 10.1. The Kier molecular flexibility index (Phi) is 7.57. The van der Waals surface area contributed by atoms with E-state index in [9.17, 15) is 14.4 Å². The van der Waals surface area contributed by atoms with Crippen molar-refractivity contribution in [3.63, 3.8) is 0 Å². The molecule has 0 unspecified atom stereocenters. The second kappa shape index (κ2) is 11.5. The standard InChI is InChI=1S/C30H26Cl2N4O6/c1-40-21-6-4-20(5-7-21)36-27(28(37)33-16-18-2-9-25-26(14-18)42-13-12-41-25)24-17-34(10-11-35(24)30(36)39)29(38)19-3-8-22(31)23(32)15-19/h2-9,14-15H,10-13,16-17H2,1H3,(H,33,37). The van der Waals surface area contributed by atoms with Crippen LogP contribution in [0.5, 0.6) is 17.2 Å². The SMILES string of the molecule is COc1ccc(-n2c(C(=O)NCc3ccc4c(c3)OCCO4)c3n(c2=O)CCN(C(=O)c2ccc(Cl)c(Cl)c2)C3)cc1. The first-order valence-corrected chi connectivity index (χ1v) is 14.0. The minimum absolute atomic E-state index is 0.0459. The van der Waals surface area contributed by atoms with Crippen LogP contribution >= 0.6 is 23.2 Å². The average Bonchev–Trinajstić information content (AvgIpc) is 3.32. The summed E-state index contributed by atoms with van der Waals surface area (Å²) in [6, 6.07) is 17.0. The van der Waals surface area contributed by atoms with E-state index in [1.165, 1.54) is 10.6 Å². The van der Waals surface area contributed by atoms with Gasteiger partial charge in [0.1, 0.15) is 24.7 Å². The maximum Gasteiger partial charge on any atom is 0.333 e. The van der Waals surface area contributed by atoms with Crippen molar-refractivity contribution in [3.05, 3.63) is 104 Å². The van der Waals surface area contributed by atoms with E-state index in [-0.39, 0.29) is 48.5 Å². The van der Waals surface area contributed by atoms with Crippen LogP contribution in [0.1, 0.15) is 32.1 Å². The number of carbonyl (C=O) groups excluding carboxylic acids is 2. The van der Waals surface area contributed by atoms with E-state index in [0.717, 1.165) is 5.56 Å². The van der Waals surface area contributed by atoms with Crippen LogP contribution in [-0.4, -0.2) is 52.7 Å². The summed E-state index contributed by atoms with van der Waals surface area (Å²) in [5.74, 6) is 1.13. The summed E-state index contributed by atoms with van der Waals surface area (Å²) in [5, 5.41) is 3.55. The molecule has 3 heterocycles. The number of aromatic nitrogens is 2. The number of amides is 2. The van der Waals surface area contributed by atoms with E-state index in [0.29, 0.717) is 52.4 Å². The highest BCUT2D eigenvalue weighted by Gasteiger charge is 2.32. The van der Waals surface area contributed by atoms with E-state index < -0.39 is 5.91 Å². The van der Waals surface area contributed by atoms with Crippen molar-refractivity contribution in [2.24, 2.45) is 0 Å². The normalized spacial score (nSPS) is 13.8. The molecule has 2 aliphatic rings. The molecule has 12 heteroatoms. The lowest BCUT2D eigenvalue weighted by Gasteiger charge is -2.28. The molecule has 216 valence electrons. The van der Waals surface area contributed by atoms with Gasteiger partial charge in [-0.1, -0.05) is 29.3 Å². The first kappa shape index (κ1) is 27.7. The molecule has 6 rings (SSSR count). The quantitative estimate of drug-likeness (QED) is 0.350. The van der Waals surface area contributed by atoms with E-state index >= 15 is 0 Å². The van der Waals surface area contributed by atoms with Gasteiger partial charge in [0.05, 0.1) is 35.1 Å². The molecular weight excluding hydrogens is 583 g/mol. The molecule has 0 saturated carbocycles. The number of methoxy groups -OCH3 is 1. The number of hydrogen-bond acceptors (Lipinski definition) is 6. The predicted octanol–water partition coefficient (Wildman–Crippen LogP) is 4.31. The molecule has 2 aliphatic heterocycles. The van der Waals surface area contributed by atoms with Crippen LogP contribution in [0.4, 0.5) is 0 Å². The third kappa shape index (κ3) is 5.19. The summed E-state index contributed by atoms with van der Waals surface area (Å²) in [4.78, 5) is 42.5. The first-order valence-electron chi connectivity index (χ1n) is 13.2. The Morgan fingerprint density at radius 1 is 0.929 bits per heavy atom. The third-order valence-corrected chi connectivity index (χ3v) is 7.98. The molecule has 2 amide bonds. The minimum Gasteiger partial charge on any atom is -0.497 e. The van der Waals surface area contributed by atoms with Crippen molar-refractivity contribution in [1.29, 1.82) is 0 Å². The number of ether oxygens (including phenoxy) is 3. The van der Waals surface area contributed by atoms with Gasteiger partial charge in [-0.15, -0.1) is 0 Å². The van der Waals surface area contributed by atoms with E-state index in [1.807, 2.05) is 12.1 Å². The van der Waals surface area contributed by atoms with Crippen LogP contribution in [0.3, 0.4) is 0 Å². The van der Waals surface area contributed by atoms with E-state index in [2.05, 4.69) is 5.32 Å². The molecule has 0 spiro atoms. The van der Waals surface area contributed by atoms with Gasteiger partial charge < -0.3 is 24.4 Å². The van der Waals surface area contributed by atoms with E-state index in [4.69, 9.17) is 37.4 Å². The predicted molar refractivity (Wildman–Crippen MR) is 156 cm³/mol. The van der Waals surface area contributed by atoms with Crippen molar-refractivity contribution >= 4 is 35.0 Å². The fraction of sp³-hybridized carbons (Fsp3) is 0.233. The highest BCUT2D eigenvalue weighted by molar-refractivity contribution is 6.42. The van der Waals surface area contributed by atoms with Gasteiger partial charge in [0.2, 0.25) is 0 Å². The van der Waals surface area contributed by atoms with Crippen LogP contribution in [-0.2, 0) is 19.6 Å². The zero-order valence-electron chi connectivity index (χ0n) is 22.6. The van der Waals surface area contributed by atoms with Crippen molar-refractivity contribution in [3.8, 4) is 22.9 Å². The largest absolute Gasteiger partial charge is 0.497 e. The highest BCUT2D eigenvalue weighted by Crippen LogP contribution is 2.31. The number of nitrogens with zero attached hydrogens (tertiary/aromatic N) is 3. The van der Waals surface area contributed by atoms with Gasteiger partial charge in [0.15, 0.2) is 11.5 Å². The zero-order valence-corrected chi connectivity index (χ0v) is 24.1. The number of hydrogen-bond donors (Lipinski definition) is 1. The Morgan fingerprint density at radius 3 is 2.43 bits per heavy atom. The molecule has 0 saturated heterocycles. The van der Waals surface area contributed by atoms with Crippen molar-refractivity contribution in [2.45, 2.75) is 19.6 Å². The van der Waals surface area contributed by atoms with Gasteiger partial charge in [-0.05, 0) is 60.2 Å². The maximum atomic E-state index is 13.8. The molecule has 10 nitrogen and oxygen atoms in total. The van der Waals surface area contributed by atoms with E-state index in [1.54, 1.807) is 59.0 Å². The fourth-order valence-corrected chi connectivity index (χ4v) is 5.41.